The molecule has 2 aromatic carbocycles. The zero-order valence-corrected chi connectivity index (χ0v) is 16.9. The SMILES string of the molecule is Cc1c(C)n(C[C@H](O)CN(C)Cc2ccc(OCCF)cc2)c2ccccc12. The number of fused-ring (bicyclic) bond motifs is 1. The minimum Gasteiger partial charge on any atom is -0.491 e. The molecule has 0 unspecified atom stereocenters. The summed E-state index contributed by atoms with van der Waals surface area (Å²) in [5.41, 5.74) is 4.77. The average molecular weight is 384 g/mol. The first-order valence-corrected chi connectivity index (χ1v) is 9.68. The lowest BCUT2D eigenvalue weighted by Gasteiger charge is -2.22. The third-order valence-electron chi connectivity index (χ3n) is 5.18. The van der Waals surface area contributed by atoms with Crippen molar-refractivity contribution < 1.29 is 14.2 Å². The molecule has 0 saturated heterocycles. The van der Waals surface area contributed by atoms with Crippen LogP contribution in [0.3, 0.4) is 0 Å². The molecule has 0 saturated carbocycles. The van der Waals surface area contributed by atoms with Gasteiger partial charge < -0.3 is 14.4 Å². The first-order chi connectivity index (χ1) is 13.5. The lowest BCUT2D eigenvalue weighted by atomic mass is 10.2. The van der Waals surface area contributed by atoms with Gasteiger partial charge in [-0.1, -0.05) is 30.3 Å². The van der Waals surface area contributed by atoms with Gasteiger partial charge >= 0.3 is 0 Å². The lowest BCUT2D eigenvalue weighted by molar-refractivity contribution is 0.108. The molecule has 0 aliphatic carbocycles. The van der Waals surface area contributed by atoms with Gasteiger partial charge in [0.05, 0.1) is 12.6 Å². The first-order valence-electron chi connectivity index (χ1n) is 9.68. The number of alkyl halides is 1. The fraction of sp³-hybridized carbons (Fsp3) is 0.391. The Morgan fingerprint density at radius 1 is 1.11 bits per heavy atom. The Hall–Kier alpha value is -2.37. The van der Waals surface area contributed by atoms with Gasteiger partial charge in [-0.05, 0) is 50.2 Å². The smallest absolute Gasteiger partial charge is 0.123 e. The summed E-state index contributed by atoms with van der Waals surface area (Å²) < 4.78 is 19.6. The molecule has 3 rings (SSSR count). The summed E-state index contributed by atoms with van der Waals surface area (Å²) in [5.74, 6) is 0.675. The highest BCUT2D eigenvalue weighted by molar-refractivity contribution is 5.85. The number of halogens is 1. The summed E-state index contributed by atoms with van der Waals surface area (Å²) in [4.78, 5) is 2.11. The van der Waals surface area contributed by atoms with Crippen LogP contribution in [0.1, 0.15) is 16.8 Å². The van der Waals surface area contributed by atoms with Crippen LogP contribution in [0.25, 0.3) is 10.9 Å². The van der Waals surface area contributed by atoms with Crippen molar-refractivity contribution in [1.82, 2.24) is 9.47 Å². The molecule has 0 amide bonds. The molecular weight excluding hydrogens is 355 g/mol. The van der Waals surface area contributed by atoms with E-state index in [9.17, 15) is 9.50 Å². The number of para-hydroxylation sites is 1. The van der Waals surface area contributed by atoms with E-state index < -0.39 is 12.8 Å². The minimum absolute atomic E-state index is 0.0818. The number of aliphatic hydroxyl groups excluding tert-OH is 1. The van der Waals surface area contributed by atoms with Crippen molar-refractivity contribution >= 4 is 10.9 Å². The summed E-state index contributed by atoms with van der Waals surface area (Å²) in [6.45, 7) is 5.71. The molecule has 0 aliphatic rings. The number of aryl methyl sites for hydroxylation is 1. The Morgan fingerprint density at radius 3 is 2.54 bits per heavy atom. The number of rotatable bonds is 9. The van der Waals surface area contributed by atoms with Gasteiger partial charge in [-0.25, -0.2) is 4.39 Å². The highest BCUT2D eigenvalue weighted by Crippen LogP contribution is 2.25. The maximum Gasteiger partial charge on any atom is 0.123 e. The Bertz CT molecular complexity index is 905. The van der Waals surface area contributed by atoms with Crippen molar-refractivity contribution in [2.45, 2.75) is 33.0 Å². The van der Waals surface area contributed by atoms with E-state index in [0.717, 1.165) is 12.1 Å². The molecule has 28 heavy (non-hydrogen) atoms. The fourth-order valence-corrected chi connectivity index (χ4v) is 3.69. The Balaban J connectivity index is 1.59. The van der Waals surface area contributed by atoms with Gasteiger partial charge in [0.2, 0.25) is 0 Å². The third kappa shape index (κ3) is 4.72. The number of aliphatic hydroxyl groups is 1. The van der Waals surface area contributed by atoms with Gasteiger partial charge in [-0.15, -0.1) is 0 Å². The maximum absolute atomic E-state index is 12.2. The first kappa shape index (κ1) is 20.4. The number of hydrogen-bond acceptors (Lipinski definition) is 3. The van der Waals surface area contributed by atoms with Crippen LogP contribution in [-0.4, -0.2) is 47.6 Å². The molecule has 0 radical (unpaired) electrons. The van der Waals surface area contributed by atoms with Crippen LogP contribution in [0, 0.1) is 13.8 Å². The van der Waals surface area contributed by atoms with E-state index in [2.05, 4.69) is 41.5 Å². The van der Waals surface area contributed by atoms with Gasteiger partial charge in [0.1, 0.15) is 19.0 Å². The van der Waals surface area contributed by atoms with Crippen LogP contribution >= 0.6 is 0 Å². The second kappa shape index (κ2) is 9.22. The van der Waals surface area contributed by atoms with E-state index in [0.29, 0.717) is 18.8 Å². The van der Waals surface area contributed by atoms with Crippen molar-refractivity contribution in [2.24, 2.45) is 0 Å². The highest BCUT2D eigenvalue weighted by Gasteiger charge is 2.15. The molecule has 1 N–H and O–H groups in total. The summed E-state index contributed by atoms with van der Waals surface area (Å²) in [7, 11) is 2.00. The van der Waals surface area contributed by atoms with E-state index in [1.165, 1.54) is 22.2 Å². The molecule has 1 atom stereocenters. The normalized spacial score (nSPS) is 12.6. The number of ether oxygens (including phenoxy) is 1. The fourth-order valence-electron chi connectivity index (χ4n) is 3.69. The van der Waals surface area contributed by atoms with Crippen LogP contribution in [0.15, 0.2) is 48.5 Å². The molecular formula is C23H29FN2O2. The van der Waals surface area contributed by atoms with Crippen LogP contribution < -0.4 is 4.74 Å². The van der Waals surface area contributed by atoms with Gasteiger partial charge in [-0.3, -0.25) is 4.90 Å². The second-order valence-corrected chi connectivity index (χ2v) is 7.37. The van der Waals surface area contributed by atoms with Crippen LogP contribution in [0.4, 0.5) is 4.39 Å². The zero-order valence-electron chi connectivity index (χ0n) is 16.9. The van der Waals surface area contributed by atoms with Gasteiger partial charge in [0.25, 0.3) is 0 Å². The van der Waals surface area contributed by atoms with Crippen LogP contribution in [0.2, 0.25) is 0 Å². The number of likely N-dealkylation sites (N-methyl/N-ethyl adjacent to an activating group) is 1. The van der Waals surface area contributed by atoms with Crippen LogP contribution in [0.5, 0.6) is 5.75 Å². The van der Waals surface area contributed by atoms with Crippen molar-refractivity contribution in [3.63, 3.8) is 0 Å². The molecule has 5 heteroatoms. The molecule has 0 fully saturated rings. The van der Waals surface area contributed by atoms with Gasteiger partial charge in [-0.2, -0.15) is 0 Å². The molecule has 150 valence electrons. The van der Waals surface area contributed by atoms with Crippen LogP contribution in [-0.2, 0) is 13.1 Å². The summed E-state index contributed by atoms with van der Waals surface area (Å²) in [6.07, 6.45) is -0.467. The molecule has 1 aromatic heterocycles. The lowest BCUT2D eigenvalue weighted by Crippen LogP contribution is -2.32. The molecule has 1 heterocycles. The highest BCUT2D eigenvalue weighted by atomic mass is 19.1. The number of benzene rings is 2. The topological polar surface area (TPSA) is 37.6 Å². The average Bonchev–Trinajstić information content (AvgIpc) is 2.92. The monoisotopic (exact) mass is 384 g/mol. The third-order valence-corrected chi connectivity index (χ3v) is 5.18. The van der Waals surface area contributed by atoms with E-state index in [-0.39, 0.29) is 6.61 Å². The Morgan fingerprint density at radius 2 is 1.82 bits per heavy atom. The Labute approximate surface area is 166 Å². The Kier molecular flexibility index (Phi) is 6.70. The van der Waals surface area contributed by atoms with Crippen molar-refractivity contribution in [3.05, 3.63) is 65.4 Å². The molecule has 3 aromatic rings. The summed E-state index contributed by atoms with van der Waals surface area (Å²) in [5, 5.41) is 11.9. The van der Waals surface area contributed by atoms with E-state index in [1.807, 2.05) is 37.4 Å². The number of aromatic nitrogens is 1. The largest absolute Gasteiger partial charge is 0.491 e. The number of nitrogens with zero attached hydrogens (tertiary/aromatic N) is 2. The minimum atomic E-state index is -0.488. The quantitative estimate of drug-likeness (QED) is 0.604. The predicted octanol–water partition coefficient (Wildman–Crippen LogP) is 4.10. The number of hydrogen-bond donors (Lipinski definition) is 1. The van der Waals surface area contributed by atoms with E-state index in [4.69, 9.17) is 4.74 Å². The zero-order chi connectivity index (χ0) is 20.1. The molecule has 0 spiro atoms. The van der Waals surface area contributed by atoms with E-state index in [1.54, 1.807) is 0 Å². The van der Waals surface area contributed by atoms with Crippen molar-refractivity contribution in [3.8, 4) is 5.75 Å². The maximum atomic E-state index is 12.2. The molecule has 0 bridgehead atoms. The summed E-state index contributed by atoms with van der Waals surface area (Å²) >= 11 is 0. The van der Waals surface area contributed by atoms with Gasteiger partial charge in [0.15, 0.2) is 0 Å². The van der Waals surface area contributed by atoms with Gasteiger partial charge in [0, 0.05) is 29.7 Å². The second-order valence-electron chi connectivity index (χ2n) is 7.37. The molecule has 0 aliphatic heterocycles. The van der Waals surface area contributed by atoms with Crippen molar-refractivity contribution in [1.29, 1.82) is 0 Å². The summed E-state index contributed by atoms with van der Waals surface area (Å²) in [6, 6.07) is 16.0. The molecule has 4 nitrogen and oxygen atoms in total. The van der Waals surface area contributed by atoms with E-state index >= 15 is 0 Å². The predicted molar refractivity (Wildman–Crippen MR) is 112 cm³/mol. The van der Waals surface area contributed by atoms with Crippen molar-refractivity contribution in [2.75, 3.05) is 26.9 Å². The standard InChI is InChI=1S/C23H29FN2O2/c1-17-18(2)26(23-7-5-4-6-22(17)23)16-20(27)15-25(3)14-19-8-10-21(11-9-19)28-13-12-24/h4-11,20,27H,12-16H2,1-3H3/t20-/m1/s1.